The van der Waals surface area contributed by atoms with Crippen LogP contribution >= 0.6 is 15.9 Å². The molecular formula is C16H23BrN2O2. The van der Waals surface area contributed by atoms with Crippen LogP contribution in [0.15, 0.2) is 28.7 Å². The van der Waals surface area contributed by atoms with E-state index < -0.39 is 0 Å². The van der Waals surface area contributed by atoms with Crippen LogP contribution in [0.2, 0.25) is 0 Å². The molecule has 0 unspecified atom stereocenters. The lowest BCUT2D eigenvalue weighted by Crippen LogP contribution is -2.44. The molecule has 0 bridgehead atoms. The van der Waals surface area contributed by atoms with E-state index >= 15 is 0 Å². The Kier molecular flexibility index (Phi) is 6.21. The molecule has 0 radical (unpaired) electrons. The fraction of sp³-hybridized carbons (Fsp3) is 0.562. The van der Waals surface area contributed by atoms with Crippen LogP contribution in [0, 0.1) is 0 Å². The number of nitrogens with one attached hydrogen (secondary N) is 1. The maximum absolute atomic E-state index is 11.9. The number of amides is 1. The number of benzene rings is 1. The lowest BCUT2D eigenvalue weighted by Gasteiger charge is -2.27. The number of para-hydroxylation sites is 1. The van der Waals surface area contributed by atoms with Crippen molar-refractivity contribution in [1.82, 2.24) is 0 Å². The van der Waals surface area contributed by atoms with E-state index in [-0.39, 0.29) is 18.1 Å². The minimum Gasteiger partial charge on any atom is -0.370 e. The smallest absolute Gasteiger partial charge is 0.250 e. The summed E-state index contributed by atoms with van der Waals surface area (Å²) in [5.41, 5.74) is 6.85. The Labute approximate surface area is 134 Å². The van der Waals surface area contributed by atoms with E-state index in [1.165, 1.54) is 12.8 Å². The van der Waals surface area contributed by atoms with Gasteiger partial charge in [-0.15, -0.1) is 0 Å². The van der Waals surface area contributed by atoms with Gasteiger partial charge >= 0.3 is 0 Å². The number of carbonyl (C=O) groups excluding carboxylic acids is 1. The van der Waals surface area contributed by atoms with E-state index in [0.717, 1.165) is 35.8 Å². The highest BCUT2D eigenvalue weighted by molar-refractivity contribution is 9.10. The first kappa shape index (κ1) is 16.5. The lowest BCUT2D eigenvalue weighted by atomic mass is 9.93. The lowest BCUT2D eigenvalue weighted by molar-refractivity contribution is -0.121. The summed E-state index contributed by atoms with van der Waals surface area (Å²) in [6.45, 7) is 0.497. The Balaban J connectivity index is 1.75. The number of hydrogen-bond acceptors (Lipinski definition) is 3. The molecule has 0 aliphatic heterocycles. The van der Waals surface area contributed by atoms with Crippen LogP contribution in [0.3, 0.4) is 0 Å². The number of carbonyl (C=O) groups is 1. The van der Waals surface area contributed by atoms with Gasteiger partial charge in [-0.3, -0.25) is 4.79 Å². The quantitative estimate of drug-likeness (QED) is 0.795. The van der Waals surface area contributed by atoms with Crippen molar-refractivity contribution in [3.63, 3.8) is 0 Å². The number of ether oxygens (including phenoxy) is 1. The standard InChI is InChI=1S/C16H23BrN2O2/c17-13-7-3-4-8-14(13)19-15(20)11-21-12-16(18)9-5-1-2-6-10-16/h3-4,7-8H,1-2,5-6,9-12,18H2,(H,19,20). The van der Waals surface area contributed by atoms with Crippen LogP contribution < -0.4 is 11.1 Å². The molecule has 1 aromatic carbocycles. The van der Waals surface area contributed by atoms with Gasteiger partial charge in [0.05, 0.1) is 12.3 Å². The minimum atomic E-state index is -0.260. The molecule has 1 aliphatic carbocycles. The van der Waals surface area contributed by atoms with E-state index in [9.17, 15) is 4.79 Å². The molecule has 1 aliphatic rings. The first-order valence-electron chi connectivity index (χ1n) is 7.50. The second kappa shape index (κ2) is 7.92. The Hall–Kier alpha value is -0.910. The summed E-state index contributed by atoms with van der Waals surface area (Å²) < 4.78 is 6.41. The molecule has 0 saturated heterocycles. The van der Waals surface area contributed by atoms with Crippen LogP contribution in [-0.4, -0.2) is 24.7 Å². The molecule has 0 spiro atoms. The molecule has 0 heterocycles. The zero-order chi connectivity index (χ0) is 15.1. The van der Waals surface area contributed by atoms with Gasteiger partial charge in [-0.2, -0.15) is 0 Å². The predicted octanol–water partition coefficient (Wildman–Crippen LogP) is 3.46. The Morgan fingerprint density at radius 3 is 2.57 bits per heavy atom. The molecule has 1 saturated carbocycles. The maximum atomic E-state index is 11.9. The van der Waals surface area contributed by atoms with Crippen molar-refractivity contribution < 1.29 is 9.53 Å². The van der Waals surface area contributed by atoms with E-state index in [2.05, 4.69) is 21.2 Å². The third kappa shape index (κ3) is 5.41. The SMILES string of the molecule is NC1(COCC(=O)Nc2ccccc2Br)CCCCCC1. The summed E-state index contributed by atoms with van der Waals surface area (Å²) >= 11 is 3.40. The molecule has 1 aromatic rings. The summed E-state index contributed by atoms with van der Waals surface area (Å²) in [7, 11) is 0. The molecule has 1 fully saturated rings. The number of hydrogen-bond donors (Lipinski definition) is 2. The third-order valence-corrected chi connectivity index (χ3v) is 4.56. The molecule has 116 valence electrons. The van der Waals surface area contributed by atoms with Crippen LogP contribution in [0.4, 0.5) is 5.69 Å². The zero-order valence-electron chi connectivity index (χ0n) is 12.2. The van der Waals surface area contributed by atoms with E-state index in [1.807, 2.05) is 24.3 Å². The van der Waals surface area contributed by atoms with Crippen molar-refractivity contribution in [2.75, 3.05) is 18.5 Å². The van der Waals surface area contributed by atoms with Crippen LogP contribution in [0.25, 0.3) is 0 Å². The highest BCUT2D eigenvalue weighted by atomic mass is 79.9. The molecular weight excluding hydrogens is 332 g/mol. The van der Waals surface area contributed by atoms with Gasteiger partial charge in [-0.05, 0) is 40.9 Å². The van der Waals surface area contributed by atoms with Gasteiger partial charge in [-0.25, -0.2) is 0 Å². The fourth-order valence-corrected chi connectivity index (χ4v) is 3.06. The number of halogens is 1. The first-order chi connectivity index (χ1) is 10.1. The highest BCUT2D eigenvalue weighted by Gasteiger charge is 2.26. The highest BCUT2D eigenvalue weighted by Crippen LogP contribution is 2.25. The summed E-state index contributed by atoms with van der Waals surface area (Å²) in [5.74, 6) is -0.154. The molecule has 5 heteroatoms. The van der Waals surface area contributed by atoms with Crippen LogP contribution in [-0.2, 0) is 9.53 Å². The number of rotatable bonds is 5. The van der Waals surface area contributed by atoms with E-state index in [0.29, 0.717) is 6.61 Å². The fourth-order valence-electron chi connectivity index (χ4n) is 2.67. The second-order valence-electron chi connectivity index (χ2n) is 5.80. The van der Waals surface area contributed by atoms with Crippen molar-refractivity contribution in [2.24, 2.45) is 5.73 Å². The Morgan fingerprint density at radius 2 is 1.90 bits per heavy atom. The second-order valence-corrected chi connectivity index (χ2v) is 6.65. The first-order valence-corrected chi connectivity index (χ1v) is 8.29. The van der Waals surface area contributed by atoms with Gasteiger partial charge in [0.15, 0.2) is 0 Å². The largest absolute Gasteiger partial charge is 0.370 e. The zero-order valence-corrected chi connectivity index (χ0v) is 13.8. The van der Waals surface area contributed by atoms with Crippen molar-refractivity contribution in [3.8, 4) is 0 Å². The number of anilines is 1. The van der Waals surface area contributed by atoms with Gasteiger partial charge in [0.1, 0.15) is 6.61 Å². The average Bonchev–Trinajstić information content (AvgIpc) is 2.66. The predicted molar refractivity (Wildman–Crippen MR) is 88.2 cm³/mol. The van der Waals surface area contributed by atoms with Crippen molar-refractivity contribution >= 4 is 27.5 Å². The van der Waals surface area contributed by atoms with Crippen molar-refractivity contribution in [1.29, 1.82) is 0 Å². The molecule has 4 nitrogen and oxygen atoms in total. The normalized spacial score (nSPS) is 18.0. The monoisotopic (exact) mass is 354 g/mol. The molecule has 1 amide bonds. The van der Waals surface area contributed by atoms with Crippen molar-refractivity contribution in [3.05, 3.63) is 28.7 Å². The van der Waals surface area contributed by atoms with Gasteiger partial charge in [0.25, 0.3) is 0 Å². The molecule has 0 aromatic heterocycles. The van der Waals surface area contributed by atoms with Gasteiger partial charge in [0.2, 0.25) is 5.91 Å². The van der Waals surface area contributed by atoms with Gasteiger partial charge in [0, 0.05) is 10.0 Å². The average molecular weight is 355 g/mol. The van der Waals surface area contributed by atoms with E-state index in [1.54, 1.807) is 0 Å². The maximum Gasteiger partial charge on any atom is 0.250 e. The van der Waals surface area contributed by atoms with Gasteiger partial charge in [-0.1, -0.05) is 37.8 Å². The van der Waals surface area contributed by atoms with E-state index in [4.69, 9.17) is 10.5 Å². The third-order valence-electron chi connectivity index (χ3n) is 3.87. The Morgan fingerprint density at radius 1 is 1.24 bits per heavy atom. The van der Waals surface area contributed by atoms with Crippen molar-refractivity contribution in [2.45, 2.75) is 44.1 Å². The van der Waals surface area contributed by atoms with Crippen LogP contribution in [0.5, 0.6) is 0 Å². The summed E-state index contributed by atoms with van der Waals surface area (Å²) in [6.07, 6.45) is 6.78. The molecule has 0 atom stereocenters. The minimum absolute atomic E-state index is 0.0419. The molecule has 21 heavy (non-hydrogen) atoms. The molecule has 3 N–H and O–H groups in total. The molecule has 2 rings (SSSR count). The summed E-state index contributed by atoms with van der Waals surface area (Å²) in [5, 5.41) is 2.82. The van der Waals surface area contributed by atoms with Crippen LogP contribution in [0.1, 0.15) is 38.5 Å². The topological polar surface area (TPSA) is 64.3 Å². The van der Waals surface area contributed by atoms with Gasteiger partial charge < -0.3 is 15.8 Å². The Bertz CT molecular complexity index is 471. The summed E-state index contributed by atoms with van der Waals surface area (Å²) in [6, 6.07) is 7.51. The summed E-state index contributed by atoms with van der Waals surface area (Å²) in [4.78, 5) is 11.9. The number of nitrogens with two attached hydrogens (primary N) is 1.